The predicted molar refractivity (Wildman–Crippen MR) is 280 cm³/mol. The van der Waals surface area contributed by atoms with Gasteiger partial charge in [0.2, 0.25) is 0 Å². The zero-order chi connectivity index (χ0) is 51.8. The Kier molecular flexibility index (Phi) is 11.5. The molecular formula is C64H94O7. The molecule has 7 heteroatoms. The smallest absolute Gasteiger partial charge is 0.323 e. The molecule has 0 radical (unpaired) electrons. The Morgan fingerprint density at radius 2 is 0.803 bits per heavy atom. The Labute approximate surface area is 429 Å². The molecule has 14 unspecified atom stereocenters. The van der Waals surface area contributed by atoms with Crippen LogP contribution in [-0.4, -0.2) is 36.1 Å². The van der Waals surface area contributed by atoms with Crippen molar-refractivity contribution < 1.29 is 33.4 Å². The Morgan fingerprint density at radius 3 is 1.15 bits per heavy atom. The van der Waals surface area contributed by atoms with Gasteiger partial charge in [0.05, 0.1) is 10.8 Å². The number of fused-ring (bicyclic) bond motifs is 12. The van der Waals surface area contributed by atoms with E-state index >= 15 is 9.59 Å². The summed E-state index contributed by atoms with van der Waals surface area (Å²) in [5.74, 6) is 0.626. The molecule has 0 spiro atoms. The number of hydrogen-bond acceptors (Lipinski definition) is 7. The van der Waals surface area contributed by atoms with E-state index < -0.39 is 10.8 Å². The maximum absolute atomic E-state index is 15.7. The summed E-state index contributed by atoms with van der Waals surface area (Å²) in [6.45, 7) is 37.2. The molecule has 0 bridgehead atoms. The van der Waals surface area contributed by atoms with Gasteiger partial charge in [0.1, 0.15) is 12.2 Å². The van der Waals surface area contributed by atoms with Crippen molar-refractivity contribution in [3.63, 3.8) is 0 Å². The number of carbonyl (C=O) groups excluding carboxylic acids is 4. The van der Waals surface area contributed by atoms with Crippen molar-refractivity contribution in [1.29, 1.82) is 0 Å². The summed E-state index contributed by atoms with van der Waals surface area (Å²) in [4.78, 5) is 55.9. The second-order valence-corrected chi connectivity index (χ2v) is 30.6. The van der Waals surface area contributed by atoms with E-state index in [-0.39, 0.29) is 90.2 Å². The zero-order valence-electron chi connectivity index (χ0n) is 47.4. The average molecular weight is 975 g/mol. The Hall–Kier alpha value is -2.96. The second kappa shape index (κ2) is 15.8. The summed E-state index contributed by atoms with van der Waals surface area (Å²) in [5, 5.41) is 0. The van der Waals surface area contributed by atoms with Crippen molar-refractivity contribution in [2.24, 2.45) is 88.7 Å². The molecule has 0 aromatic rings. The van der Waals surface area contributed by atoms with Gasteiger partial charge in [-0.1, -0.05) is 121 Å². The SMILES string of the molecule is CC(=O)OC1CCC2(C)C(CCC3(C)C2C=CC2=C4CC(C)(C)CCC4(C(=O)OC(=O)C45CCC(C)(C)CC4=C4C=CC6C7(C)CCC(OC(C)=O)C(C)(C)C7CCC6(C)C4(C)CC5)CCC23C)C1(C)C. The molecule has 71 heavy (non-hydrogen) atoms. The molecule has 6 saturated carbocycles. The summed E-state index contributed by atoms with van der Waals surface area (Å²) in [6.07, 6.45) is 26.2. The van der Waals surface area contributed by atoms with Crippen LogP contribution in [0.25, 0.3) is 0 Å². The summed E-state index contributed by atoms with van der Waals surface area (Å²) < 4.78 is 18.7. The fraction of sp³-hybridized carbons (Fsp3) is 0.812. The minimum atomic E-state index is -0.818. The third kappa shape index (κ3) is 6.88. The second-order valence-electron chi connectivity index (χ2n) is 30.6. The van der Waals surface area contributed by atoms with Crippen molar-refractivity contribution in [2.45, 2.75) is 239 Å². The molecule has 0 aromatic carbocycles. The van der Waals surface area contributed by atoms with Gasteiger partial charge in [-0.2, -0.15) is 0 Å². The molecular weight excluding hydrogens is 881 g/mol. The van der Waals surface area contributed by atoms with Crippen molar-refractivity contribution in [3.05, 3.63) is 46.6 Å². The maximum Gasteiger partial charge on any atom is 0.323 e. The standard InChI is InChI=1S/C64H94O7/c1-39(65)69-49-23-25-57(11)45(55(49,7)8)21-27-61(15)47(57)19-17-41-43-37-53(3,4)29-33-63(43,35-31-59(41,61)13)51(67)71-52(68)64-34-30-54(5,6)38-44(64)42-18-20-48-58(12)26-24-50(70-40(2)66)56(9,10)46(58)22-28-62(48,16)60(42,14)32-36-64/h17-20,45-50H,21-38H2,1-16H3. The van der Waals surface area contributed by atoms with Gasteiger partial charge in [-0.05, 0) is 205 Å². The molecule has 10 rings (SSSR count). The molecule has 6 fully saturated rings. The number of hydrogen-bond donors (Lipinski definition) is 0. The van der Waals surface area contributed by atoms with Gasteiger partial charge in [0, 0.05) is 24.7 Å². The largest absolute Gasteiger partial charge is 0.462 e. The molecule has 0 heterocycles. The molecule has 0 saturated heterocycles. The van der Waals surface area contributed by atoms with E-state index in [1.807, 2.05) is 0 Å². The monoisotopic (exact) mass is 975 g/mol. The molecule has 0 aliphatic heterocycles. The molecule has 14 atom stereocenters. The first-order valence-corrected chi connectivity index (χ1v) is 28.7. The highest BCUT2D eigenvalue weighted by molar-refractivity contribution is 5.95. The van der Waals surface area contributed by atoms with Crippen LogP contribution >= 0.6 is 0 Å². The quantitative estimate of drug-likeness (QED) is 0.157. The Bertz CT molecular complexity index is 2280. The summed E-state index contributed by atoms with van der Waals surface area (Å²) in [7, 11) is 0. The lowest BCUT2D eigenvalue weighted by atomic mass is 9.35. The van der Waals surface area contributed by atoms with E-state index in [0.717, 1.165) is 89.9 Å². The van der Waals surface area contributed by atoms with Gasteiger partial charge in [-0.3, -0.25) is 19.2 Å². The van der Waals surface area contributed by atoms with Crippen molar-refractivity contribution in [2.75, 3.05) is 0 Å². The minimum Gasteiger partial charge on any atom is -0.462 e. The lowest BCUT2D eigenvalue weighted by Gasteiger charge is -2.69. The van der Waals surface area contributed by atoms with Crippen molar-refractivity contribution in [3.8, 4) is 0 Å². The van der Waals surface area contributed by atoms with Gasteiger partial charge < -0.3 is 14.2 Å². The highest BCUT2D eigenvalue weighted by Gasteiger charge is 2.71. The van der Waals surface area contributed by atoms with Gasteiger partial charge >= 0.3 is 23.9 Å². The first-order valence-electron chi connectivity index (χ1n) is 28.7. The van der Waals surface area contributed by atoms with Crippen LogP contribution in [0.5, 0.6) is 0 Å². The number of rotatable bonds is 4. The van der Waals surface area contributed by atoms with Gasteiger partial charge in [-0.15, -0.1) is 0 Å². The van der Waals surface area contributed by atoms with E-state index in [9.17, 15) is 9.59 Å². The minimum absolute atomic E-state index is 0.0177. The van der Waals surface area contributed by atoms with Crippen LogP contribution in [0.15, 0.2) is 46.6 Å². The van der Waals surface area contributed by atoms with Crippen LogP contribution < -0.4 is 0 Å². The van der Waals surface area contributed by atoms with E-state index in [4.69, 9.17) is 14.2 Å². The number of allylic oxidation sites excluding steroid dienone is 6. The fourth-order valence-electron chi connectivity index (χ4n) is 20.9. The third-order valence-corrected chi connectivity index (χ3v) is 25.5. The van der Waals surface area contributed by atoms with E-state index in [1.165, 1.54) is 22.3 Å². The van der Waals surface area contributed by atoms with E-state index in [0.29, 0.717) is 49.4 Å². The molecule has 10 aliphatic rings. The van der Waals surface area contributed by atoms with Crippen LogP contribution in [0.2, 0.25) is 0 Å². The molecule has 7 nitrogen and oxygen atoms in total. The van der Waals surface area contributed by atoms with Crippen molar-refractivity contribution in [1.82, 2.24) is 0 Å². The van der Waals surface area contributed by atoms with Crippen LogP contribution in [0, 0.1) is 88.7 Å². The number of carbonyl (C=O) groups is 4. The lowest BCUT2D eigenvalue weighted by molar-refractivity contribution is -0.198. The predicted octanol–water partition coefficient (Wildman–Crippen LogP) is 15.4. The Balaban J connectivity index is 0.996. The molecule has 0 N–H and O–H groups in total. The van der Waals surface area contributed by atoms with Crippen molar-refractivity contribution >= 4 is 23.9 Å². The van der Waals surface area contributed by atoms with Crippen LogP contribution in [0.1, 0.15) is 226 Å². The highest BCUT2D eigenvalue weighted by atomic mass is 16.6. The summed E-state index contributed by atoms with van der Waals surface area (Å²) >= 11 is 0. The molecule has 0 amide bonds. The number of ether oxygens (including phenoxy) is 3. The average Bonchev–Trinajstić information content (AvgIpc) is 3.25. The first-order chi connectivity index (χ1) is 32.7. The highest BCUT2D eigenvalue weighted by Crippen LogP contribution is 2.77. The van der Waals surface area contributed by atoms with E-state index in [1.54, 1.807) is 13.8 Å². The van der Waals surface area contributed by atoms with Gasteiger partial charge in [0.25, 0.3) is 0 Å². The molecule has 392 valence electrons. The van der Waals surface area contributed by atoms with E-state index in [2.05, 4.69) is 121 Å². The first kappa shape index (κ1) is 51.5. The van der Waals surface area contributed by atoms with Gasteiger partial charge in [-0.25, -0.2) is 0 Å². The van der Waals surface area contributed by atoms with Crippen LogP contribution in [0.4, 0.5) is 0 Å². The van der Waals surface area contributed by atoms with Gasteiger partial charge in [0.15, 0.2) is 0 Å². The zero-order valence-corrected chi connectivity index (χ0v) is 47.4. The van der Waals surface area contributed by atoms with Crippen LogP contribution in [0.3, 0.4) is 0 Å². The topological polar surface area (TPSA) is 96.0 Å². The normalized spacial score (nSPS) is 47.3. The molecule has 10 aliphatic carbocycles. The number of esters is 4. The lowest BCUT2D eigenvalue weighted by Crippen LogP contribution is -2.63. The fourth-order valence-corrected chi connectivity index (χ4v) is 20.9. The maximum atomic E-state index is 15.7. The Morgan fingerprint density at radius 1 is 0.451 bits per heavy atom. The summed E-state index contributed by atoms with van der Waals surface area (Å²) in [6, 6.07) is 0. The summed E-state index contributed by atoms with van der Waals surface area (Å²) in [5.41, 5.74) is 3.16. The third-order valence-electron chi connectivity index (χ3n) is 25.5. The molecule has 0 aromatic heterocycles. The van der Waals surface area contributed by atoms with Crippen LogP contribution in [-0.2, 0) is 33.4 Å².